The van der Waals surface area contributed by atoms with E-state index < -0.39 is 0 Å². The number of anilines is 1. The van der Waals surface area contributed by atoms with Crippen molar-refractivity contribution in [1.82, 2.24) is 5.43 Å². The summed E-state index contributed by atoms with van der Waals surface area (Å²) in [6.07, 6.45) is 1.56. The third-order valence-corrected chi connectivity index (χ3v) is 2.88. The van der Waals surface area contributed by atoms with Crippen LogP contribution in [0.2, 0.25) is 5.02 Å². The summed E-state index contributed by atoms with van der Waals surface area (Å²) in [5.41, 5.74) is 4.33. The molecular formula is C14H12ClN3OS. The fourth-order valence-corrected chi connectivity index (χ4v) is 1.81. The van der Waals surface area contributed by atoms with Crippen LogP contribution >= 0.6 is 23.8 Å². The fraction of sp³-hybridized carbons (Fsp3) is 0. The second kappa shape index (κ2) is 6.88. The molecule has 2 aromatic carbocycles. The van der Waals surface area contributed by atoms with Crippen LogP contribution in [0.4, 0.5) is 5.69 Å². The first-order chi connectivity index (χ1) is 9.65. The number of benzene rings is 2. The number of nitrogens with one attached hydrogen (secondary N) is 2. The van der Waals surface area contributed by atoms with Crippen LogP contribution in [-0.4, -0.2) is 16.4 Å². The molecule has 3 N–H and O–H groups in total. The van der Waals surface area contributed by atoms with Crippen LogP contribution in [0.1, 0.15) is 5.56 Å². The van der Waals surface area contributed by atoms with Gasteiger partial charge in [0.1, 0.15) is 5.75 Å². The SMILES string of the molecule is Oc1ccc(/C=N\NC(=S)Nc2ccccc2)cc1Cl. The minimum atomic E-state index is 0.0399. The van der Waals surface area contributed by atoms with E-state index in [1.54, 1.807) is 18.3 Å². The highest BCUT2D eigenvalue weighted by Crippen LogP contribution is 2.22. The smallest absolute Gasteiger partial charge is 0.191 e. The highest BCUT2D eigenvalue weighted by atomic mass is 35.5. The molecule has 102 valence electrons. The van der Waals surface area contributed by atoms with E-state index >= 15 is 0 Å². The van der Waals surface area contributed by atoms with Crippen molar-refractivity contribution in [2.24, 2.45) is 5.10 Å². The number of phenolic OH excluding ortho intramolecular Hbond substituents is 1. The average molecular weight is 306 g/mol. The lowest BCUT2D eigenvalue weighted by atomic mass is 10.2. The Morgan fingerprint density at radius 3 is 2.65 bits per heavy atom. The van der Waals surface area contributed by atoms with Crippen molar-refractivity contribution >= 4 is 40.8 Å². The second-order valence-corrected chi connectivity index (χ2v) is 4.72. The fourth-order valence-electron chi connectivity index (χ4n) is 1.45. The van der Waals surface area contributed by atoms with E-state index in [-0.39, 0.29) is 10.8 Å². The Bertz CT molecular complexity index is 632. The zero-order chi connectivity index (χ0) is 14.4. The Labute approximate surface area is 127 Å². The van der Waals surface area contributed by atoms with E-state index in [2.05, 4.69) is 15.8 Å². The number of hydrazone groups is 1. The van der Waals surface area contributed by atoms with Crippen LogP contribution in [0.15, 0.2) is 53.6 Å². The number of hydrogen-bond acceptors (Lipinski definition) is 3. The molecule has 20 heavy (non-hydrogen) atoms. The molecule has 0 bridgehead atoms. The summed E-state index contributed by atoms with van der Waals surface area (Å²) in [5, 5.41) is 16.9. The van der Waals surface area contributed by atoms with Crippen molar-refractivity contribution in [3.63, 3.8) is 0 Å². The molecule has 0 saturated carbocycles. The largest absolute Gasteiger partial charge is 0.506 e. The van der Waals surface area contributed by atoms with Crippen LogP contribution < -0.4 is 10.7 Å². The zero-order valence-corrected chi connectivity index (χ0v) is 11.9. The van der Waals surface area contributed by atoms with Gasteiger partial charge in [-0.1, -0.05) is 29.8 Å². The van der Waals surface area contributed by atoms with Gasteiger partial charge in [0.15, 0.2) is 5.11 Å². The van der Waals surface area contributed by atoms with Gasteiger partial charge >= 0.3 is 0 Å². The standard InChI is InChI=1S/C14H12ClN3OS/c15-12-8-10(6-7-13(12)19)9-16-18-14(20)17-11-4-2-1-3-5-11/h1-9,19H,(H2,17,18,20)/b16-9-. The lowest BCUT2D eigenvalue weighted by molar-refractivity contribution is 0.475. The Morgan fingerprint density at radius 1 is 1.20 bits per heavy atom. The molecule has 0 radical (unpaired) electrons. The number of rotatable bonds is 3. The molecule has 0 atom stereocenters. The summed E-state index contributed by atoms with van der Waals surface area (Å²) < 4.78 is 0. The quantitative estimate of drug-likeness (QED) is 0.462. The molecule has 0 aliphatic rings. The van der Waals surface area contributed by atoms with Crippen LogP contribution in [-0.2, 0) is 0 Å². The van der Waals surface area contributed by atoms with Crippen LogP contribution in [0.3, 0.4) is 0 Å². The van der Waals surface area contributed by atoms with Crippen molar-refractivity contribution in [3.8, 4) is 5.75 Å². The third kappa shape index (κ3) is 4.22. The molecule has 0 heterocycles. The first-order valence-electron chi connectivity index (χ1n) is 5.79. The Balaban J connectivity index is 1.89. The van der Waals surface area contributed by atoms with Crippen molar-refractivity contribution in [2.75, 3.05) is 5.32 Å². The maximum atomic E-state index is 9.30. The summed E-state index contributed by atoms with van der Waals surface area (Å²) in [4.78, 5) is 0. The zero-order valence-electron chi connectivity index (χ0n) is 10.4. The Kier molecular flexibility index (Phi) is 4.92. The monoisotopic (exact) mass is 305 g/mol. The minimum absolute atomic E-state index is 0.0399. The molecule has 0 fully saturated rings. The number of phenols is 1. The molecule has 0 aliphatic carbocycles. The lowest BCUT2D eigenvalue weighted by Gasteiger charge is -2.06. The molecule has 2 rings (SSSR count). The predicted octanol–water partition coefficient (Wildman–Crippen LogP) is 3.37. The lowest BCUT2D eigenvalue weighted by Crippen LogP contribution is -2.23. The highest BCUT2D eigenvalue weighted by molar-refractivity contribution is 7.80. The van der Waals surface area contributed by atoms with Gasteiger partial charge in [0.05, 0.1) is 11.2 Å². The van der Waals surface area contributed by atoms with E-state index in [1.807, 2.05) is 30.3 Å². The maximum Gasteiger partial charge on any atom is 0.191 e. The Hall–Kier alpha value is -2.11. The van der Waals surface area contributed by atoms with Crippen molar-refractivity contribution in [1.29, 1.82) is 0 Å². The molecule has 0 unspecified atom stereocenters. The van der Waals surface area contributed by atoms with Gasteiger partial charge in [-0.2, -0.15) is 5.10 Å². The van der Waals surface area contributed by atoms with Gasteiger partial charge in [0.25, 0.3) is 0 Å². The molecule has 2 aromatic rings. The molecule has 0 spiro atoms. The summed E-state index contributed by atoms with van der Waals surface area (Å²) in [5.74, 6) is 0.0399. The molecule has 4 nitrogen and oxygen atoms in total. The molecular weight excluding hydrogens is 294 g/mol. The van der Waals surface area contributed by atoms with Crippen molar-refractivity contribution < 1.29 is 5.11 Å². The van der Waals surface area contributed by atoms with Gasteiger partial charge in [-0.25, -0.2) is 0 Å². The van der Waals surface area contributed by atoms with Crippen LogP contribution in [0, 0.1) is 0 Å². The normalized spacial score (nSPS) is 10.4. The van der Waals surface area contributed by atoms with E-state index in [9.17, 15) is 5.11 Å². The number of aromatic hydroxyl groups is 1. The molecule has 0 amide bonds. The maximum absolute atomic E-state index is 9.30. The van der Waals surface area contributed by atoms with Gasteiger partial charge < -0.3 is 10.4 Å². The third-order valence-electron chi connectivity index (χ3n) is 2.38. The van der Waals surface area contributed by atoms with Crippen molar-refractivity contribution in [3.05, 3.63) is 59.1 Å². The molecule has 0 saturated heterocycles. The van der Waals surface area contributed by atoms with Crippen LogP contribution in [0.25, 0.3) is 0 Å². The Morgan fingerprint density at radius 2 is 1.95 bits per heavy atom. The number of hydrogen-bond donors (Lipinski definition) is 3. The van der Waals surface area contributed by atoms with Gasteiger partial charge in [0.2, 0.25) is 0 Å². The molecule has 6 heteroatoms. The molecule has 0 aromatic heterocycles. The second-order valence-electron chi connectivity index (χ2n) is 3.90. The summed E-state index contributed by atoms with van der Waals surface area (Å²) in [7, 11) is 0. The minimum Gasteiger partial charge on any atom is -0.506 e. The summed E-state index contributed by atoms with van der Waals surface area (Å²) >= 11 is 10.9. The van der Waals surface area contributed by atoms with Gasteiger partial charge in [-0.3, -0.25) is 5.43 Å². The number of nitrogens with zero attached hydrogens (tertiary/aromatic N) is 1. The number of para-hydroxylation sites is 1. The average Bonchev–Trinajstić information content (AvgIpc) is 2.44. The first kappa shape index (κ1) is 14.3. The first-order valence-corrected chi connectivity index (χ1v) is 6.57. The van der Waals surface area contributed by atoms with E-state index in [4.69, 9.17) is 23.8 Å². The summed E-state index contributed by atoms with van der Waals surface area (Å²) in [6, 6.07) is 14.3. The van der Waals surface area contributed by atoms with Crippen LogP contribution in [0.5, 0.6) is 5.75 Å². The van der Waals surface area contributed by atoms with Gasteiger partial charge in [-0.05, 0) is 48.1 Å². The molecule has 0 aliphatic heterocycles. The number of thiocarbonyl (C=S) groups is 1. The van der Waals surface area contributed by atoms with Crippen molar-refractivity contribution in [2.45, 2.75) is 0 Å². The van der Waals surface area contributed by atoms with E-state index in [0.29, 0.717) is 5.11 Å². The van der Waals surface area contributed by atoms with Gasteiger partial charge in [0, 0.05) is 5.69 Å². The van der Waals surface area contributed by atoms with E-state index in [0.717, 1.165) is 11.3 Å². The predicted molar refractivity (Wildman–Crippen MR) is 86.5 cm³/mol. The highest BCUT2D eigenvalue weighted by Gasteiger charge is 1.98. The number of halogens is 1. The van der Waals surface area contributed by atoms with E-state index in [1.165, 1.54) is 6.07 Å². The van der Waals surface area contributed by atoms with Gasteiger partial charge in [-0.15, -0.1) is 0 Å². The topological polar surface area (TPSA) is 56.7 Å². The summed E-state index contributed by atoms with van der Waals surface area (Å²) in [6.45, 7) is 0.